The Bertz CT molecular complexity index is 450. The van der Waals surface area contributed by atoms with E-state index in [-0.39, 0.29) is 11.8 Å². The van der Waals surface area contributed by atoms with Crippen molar-refractivity contribution in [1.82, 2.24) is 5.32 Å². The molecule has 1 aromatic rings. The van der Waals surface area contributed by atoms with E-state index in [1.807, 2.05) is 24.3 Å². The molecule has 0 bridgehead atoms. The number of hydrogen-bond acceptors (Lipinski definition) is 4. The van der Waals surface area contributed by atoms with Gasteiger partial charge in [-0.1, -0.05) is 18.2 Å². The number of amides is 1. The molecule has 21 heavy (non-hydrogen) atoms. The molecule has 1 aliphatic rings. The molecular weight excluding hydrogens is 270 g/mol. The molecule has 0 aromatic heterocycles. The van der Waals surface area contributed by atoms with Crippen molar-refractivity contribution < 1.29 is 19.0 Å². The fourth-order valence-electron chi connectivity index (χ4n) is 2.27. The van der Waals surface area contributed by atoms with Gasteiger partial charge in [0, 0.05) is 20.3 Å². The molecule has 116 valence electrons. The van der Waals surface area contributed by atoms with Crippen molar-refractivity contribution in [2.24, 2.45) is 5.92 Å². The van der Waals surface area contributed by atoms with Crippen molar-refractivity contribution in [3.63, 3.8) is 0 Å². The molecule has 0 saturated carbocycles. The number of ether oxygens (including phenoxy) is 3. The van der Waals surface area contributed by atoms with Crippen LogP contribution in [0.4, 0.5) is 0 Å². The zero-order valence-corrected chi connectivity index (χ0v) is 12.5. The Kier molecular flexibility index (Phi) is 6.50. The number of rotatable bonds is 8. The summed E-state index contributed by atoms with van der Waals surface area (Å²) in [5.74, 6) is 0.851. The third kappa shape index (κ3) is 5.02. The first-order valence-electron chi connectivity index (χ1n) is 7.36. The van der Waals surface area contributed by atoms with Gasteiger partial charge in [0.05, 0.1) is 19.1 Å². The summed E-state index contributed by atoms with van der Waals surface area (Å²) in [7, 11) is 1.65. The highest BCUT2D eigenvalue weighted by atomic mass is 16.5. The predicted octanol–water partition coefficient (Wildman–Crippen LogP) is 1.41. The molecule has 0 fully saturated rings. The zero-order valence-electron chi connectivity index (χ0n) is 12.5. The summed E-state index contributed by atoms with van der Waals surface area (Å²) >= 11 is 0. The average molecular weight is 293 g/mol. The second-order valence-corrected chi connectivity index (χ2v) is 5.07. The van der Waals surface area contributed by atoms with Crippen LogP contribution in [0.5, 0.6) is 5.75 Å². The monoisotopic (exact) mass is 293 g/mol. The summed E-state index contributed by atoms with van der Waals surface area (Å²) in [6.45, 7) is 2.91. The van der Waals surface area contributed by atoms with Crippen molar-refractivity contribution in [3.05, 3.63) is 29.8 Å². The number of carbonyl (C=O) groups is 1. The molecule has 1 amide bonds. The quantitative estimate of drug-likeness (QED) is 0.736. The molecule has 2 rings (SSSR count). The van der Waals surface area contributed by atoms with Gasteiger partial charge >= 0.3 is 0 Å². The van der Waals surface area contributed by atoms with E-state index in [9.17, 15) is 4.79 Å². The number of methoxy groups -OCH3 is 1. The van der Waals surface area contributed by atoms with E-state index < -0.39 is 0 Å². The van der Waals surface area contributed by atoms with Crippen LogP contribution in [0.15, 0.2) is 24.3 Å². The van der Waals surface area contributed by atoms with Gasteiger partial charge in [-0.3, -0.25) is 4.79 Å². The van der Waals surface area contributed by atoms with Crippen molar-refractivity contribution >= 4 is 5.91 Å². The molecule has 0 spiro atoms. The van der Waals surface area contributed by atoms with Gasteiger partial charge < -0.3 is 19.5 Å². The Hall–Kier alpha value is -1.59. The zero-order chi connectivity index (χ0) is 14.9. The van der Waals surface area contributed by atoms with Crippen LogP contribution < -0.4 is 10.1 Å². The number of benzene rings is 1. The van der Waals surface area contributed by atoms with Gasteiger partial charge in [0.2, 0.25) is 5.91 Å². The summed E-state index contributed by atoms with van der Waals surface area (Å²) in [5.41, 5.74) is 1.10. The van der Waals surface area contributed by atoms with Gasteiger partial charge in [-0.15, -0.1) is 0 Å². The lowest BCUT2D eigenvalue weighted by atomic mass is 9.96. The largest absolute Gasteiger partial charge is 0.492 e. The van der Waals surface area contributed by atoms with Crippen LogP contribution in [0.2, 0.25) is 0 Å². The Morgan fingerprint density at radius 1 is 1.33 bits per heavy atom. The van der Waals surface area contributed by atoms with Gasteiger partial charge in [0.15, 0.2) is 0 Å². The highest BCUT2D eigenvalue weighted by molar-refractivity contribution is 5.79. The third-order valence-corrected chi connectivity index (χ3v) is 3.45. The van der Waals surface area contributed by atoms with Gasteiger partial charge in [-0.05, 0) is 24.5 Å². The van der Waals surface area contributed by atoms with E-state index in [0.717, 1.165) is 24.2 Å². The minimum atomic E-state index is -0.102. The molecule has 1 N–H and O–H groups in total. The molecule has 0 saturated heterocycles. The molecule has 1 heterocycles. The number of nitrogens with one attached hydrogen (secondary N) is 1. The van der Waals surface area contributed by atoms with Crippen molar-refractivity contribution in [2.45, 2.75) is 12.8 Å². The first-order valence-corrected chi connectivity index (χ1v) is 7.36. The standard InChI is InChI=1S/C16H23NO4/c1-19-9-10-20-8-4-7-17-16(18)14-11-13-5-2-3-6-15(13)21-12-14/h2-3,5-6,14H,4,7-12H2,1H3,(H,17,18). The van der Waals surface area contributed by atoms with Crippen LogP contribution in [0.3, 0.4) is 0 Å². The predicted molar refractivity (Wildman–Crippen MR) is 79.5 cm³/mol. The Balaban J connectivity index is 1.64. The highest BCUT2D eigenvalue weighted by Crippen LogP contribution is 2.26. The third-order valence-electron chi connectivity index (χ3n) is 3.45. The summed E-state index contributed by atoms with van der Waals surface area (Å²) in [4.78, 5) is 12.1. The van der Waals surface area contributed by atoms with Gasteiger partial charge in [0.1, 0.15) is 12.4 Å². The lowest BCUT2D eigenvalue weighted by Gasteiger charge is -2.24. The van der Waals surface area contributed by atoms with Crippen LogP contribution >= 0.6 is 0 Å². The number of carbonyl (C=O) groups excluding carboxylic acids is 1. The SMILES string of the molecule is COCCOCCCNC(=O)C1COc2ccccc2C1. The Morgan fingerprint density at radius 2 is 2.19 bits per heavy atom. The number of para-hydroxylation sites is 1. The fourth-order valence-corrected chi connectivity index (χ4v) is 2.27. The topological polar surface area (TPSA) is 56.8 Å². The van der Waals surface area contributed by atoms with Crippen LogP contribution in [0, 0.1) is 5.92 Å². The van der Waals surface area contributed by atoms with E-state index in [1.54, 1.807) is 7.11 Å². The molecule has 0 aliphatic carbocycles. The van der Waals surface area contributed by atoms with Crippen LogP contribution in [-0.2, 0) is 20.7 Å². The molecule has 1 unspecified atom stereocenters. The Morgan fingerprint density at radius 3 is 3.05 bits per heavy atom. The van der Waals surface area contributed by atoms with Crippen molar-refractivity contribution in [1.29, 1.82) is 0 Å². The average Bonchev–Trinajstić information content (AvgIpc) is 2.53. The van der Waals surface area contributed by atoms with Crippen molar-refractivity contribution in [2.75, 3.05) is 40.1 Å². The van der Waals surface area contributed by atoms with Crippen LogP contribution in [0.1, 0.15) is 12.0 Å². The lowest BCUT2D eigenvalue weighted by Crippen LogP contribution is -2.38. The van der Waals surface area contributed by atoms with E-state index in [1.165, 1.54) is 0 Å². The maximum absolute atomic E-state index is 12.1. The van der Waals surface area contributed by atoms with E-state index in [2.05, 4.69) is 5.32 Å². The van der Waals surface area contributed by atoms with E-state index in [0.29, 0.717) is 33.0 Å². The van der Waals surface area contributed by atoms with E-state index in [4.69, 9.17) is 14.2 Å². The molecule has 0 radical (unpaired) electrons. The summed E-state index contributed by atoms with van der Waals surface area (Å²) in [5, 5.41) is 2.94. The molecule has 1 aromatic carbocycles. The highest BCUT2D eigenvalue weighted by Gasteiger charge is 2.25. The molecule has 5 heteroatoms. The molecular formula is C16H23NO4. The number of hydrogen-bond donors (Lipinski definition) is 1. The van der Waals surface area contributed by atoms with Gasteiger partial charge in [-0.25, -0.2) is 0 Å². The van der Waals surface area contributed by atoms with Crippen molar-refractivity contribution in [3.8, 4) is 5.75 Å². The second kappa shape index (κ2) is 8.64. The summed E-state index contributed by atoms with van der Waals surface area (Å²) in [6, 6.07) is 7.88. The van der Waals surface area contributed by atoms with Crippen LogP contribution in [-0.4, -0.2) is 46.0 Å². The number of fused-ring (bicyclic) bond motifs is 1. The van der Waals surface area contributed by atoms with Crippen LogP contribution in [0.25, 0.3) is 0 Å². The molecule has 1 atom stereocenters. The Labute approximate surface area is 125 Å². The second-order valence-electron chi connectivity index (χ2n) is 5.07. The summed E-state index contributed by atoms with van der Waals surface area (Å²) < 4.78 is 15.9. The smallest absolute Gasteiger partial charge is 0.226 e. The normalized spacial score (nSPS) is 16.9. The molecule has 1 aliphatic heterocycles. The minimum absolute atomic E-state index is 0.0568. The first kappa shape index (κ1) is 15.8. The van der Waals surface area contributed by atoms with Gasteiger partial charge in [-0.2, -0.15) is 0 Å². The maximum Gasteiger partial charge on any atom is 0.226 e. The fraction of sp³-hybridized carbons (Fsp3) is 0.562. The first-order chi connectivity index (χ1) is 10.3. The lowest BCUT2D eigenvalue weighted by molar-refractivity contribution is -0.126. The van der Waals surface area contributed by atoms with E-state index >= 15 is 0 Å². The van der Waals surface area contributed by atoms with Gasteiger partial charge in [0.25, 0.3) is 0 Å². The molecule has 5 nitrogen and oxygen atoms in total. The summed E-state index contributed by atoms with van der Waals surface area (Å²) in [6.07, 6.45) is 1.55. The maximum atomic E-state index is 12.1. The minimum Gasteiger partial charge on any atom is -0.492 e.